The summed E-state index contributed by atoms with van der Waals surface area (Å²) < 4.78 is 4.98. The number of hydrogen-bond acceptors (Lipinski definition) is 6. The molecule has 2 aromatic carbocycles. The highest BCUT2D eigenvalue weighted by Crippen LogP contribution is 2.67. The third-order valence-electron chi connectivity index (χ3n) is 9.50. The molecule has 0 aromatic heterocycles. The van der Waals surface area contributed by atoms with Gasteiger partial charge in [0, 0.05) is 17.5 Å². The Kier molecular flexibility index (Phi) is 10.0. The molecule has 0 saturated carbocycles. The van der Waals surface area contributed by atoms with Crippen molar-refractivity contribution in [3.63, 3.8) is 0 Å². The average Bonchev–Trinajstić information content (AvgIpc) is 3.66. The van der Waals surface area contributed by atoms with Gasteiger partial charge >= 0.3 is 5.97 Å². The highest BCUT2D eigenvalue weighted by Gasteiger charge is 2.74. The normalized spacial score (nSPS) is 25.9. The topological polar surface area (TPSA) is 87.1 Å². The van der Waals surface area contributed by atoms with E-state index in [1.807, 2.05) is 68.5 Å². The van der Waals surface area contributed by atoms with Crippen LogP contribution in [0, 0.1) is 25.7 Å². The molecule has 3 aliphatic rings. The molecule has 0 radical (unpaired) electrons. The van der Waals surface area contributed by atoms with Crippen LogP contribution in [-0.2, 0) is 25.5 Å². The van der Waals surface area contributed by atoms with Crippen LogP contribution >= 0.6 is 11.8 Å². The summed E-state index contributed by atoms with van der Waals surface area (Å²) in [5.74, 6) is -2.09. The first-order valence-electron chi connectivity index (χ1n) is 15.7. The van der Waals surface area contributed by atoms with Crippen molar-refractivity contribution < 1.29 is 24.2 Å². The lowest BCUT2D eigenvalue weighted by molar-refractivity contribution is -0.154. The van der Waals surface area contributed by atoms with E-state index in [1.165, 1.54) is 0 Å². The third-order valence-corrected chi connectivity index (χ3v) is 11.4. The molecule has 3 aliphatic heterocycles. The van der Waals surface area contributed by atoms with E-state index in [2.05, 4.69) is 13.2 Å². The van der Waals surface area contributed by atoms with Crippen LogP contribution in [0.4, 0.5) is 5.69 Å². The van der Waals surface area contributed by atoms with Gasteiger partial charge in [-0.3, -0.25) is 14.4 Å². The molecule has 44 heavy (non-hydrogen) atoms. The zero-order chi connectivity index (χ0) is 31.4. The number of aliphatic hydroxyl groups excluding tert-OH is 1. The summed E-state index contributed by atoms with van der Waals surface area (Å²) in [7, 11) is 0. The van der Waals surface area contributed by atoms with Gasteiger partial charge in [-0.15, -0.1) is 24.9 Å². The van der Waals surface area contributed by atoms with Crippen molar-refractivity contribution in [2.24, 2.45) is 11.8 Å². The number of ether oxygens (including phenoxy) is 1. The zero-order valence-corrected chi connectivity index (χ0v) is 26.6. The van der Waals surface area contributed by atoms with E-state index < -0.39 is 28.7 Å². The van der Waals surface area contributed by atoms with E-state index in [0.717, 1.165) is 48.1 Å². The van der Waals surface area contributed by atoms with Gasteiger partial charge in [0.2, 0.25) is 5.91 Å². The van der Waals surface area contributed by atoms with E-state index in [1.54, 1.807) is 27.6 Å². The van der Waals surface area contributed by atoms with Crippen molar-refractivity contribution in [3.8, 4) is 0 Å². The molecule has 8 heteroatoms. The van der Waals surface area contributed by atoms with Crippen molar-refractivity contribution >= 4 is 35.2 Å². The number of unbranched alkanes of at least 4 members (excludes halogenated alkanes) is 2. The number of carbonyl (C=O) groups excluding carboxylic acids is 3. The molecule has 2 aromatic rings. The predicted molar refractivity (Wildman–Crippen MR) is 175 cm³/mol. The summed E-state index contributed by atoms with van der Waals surface area (Å²) >= 11 is 1.62. The Hall–Kier alpha value is -3.36. The summed E-state index contributed by atoms with van der Waals surface area (Å²) in [5, 5.41) is 10.7. The van der Waals surface area contributed by atoms with Crippen molar-refractivity contribution in [2.45, 2.75) is 74.5 Å². The minimum Gasteiger partial charge on any atom is -0.465 e. The van der Waals surface area contributed by atoms with Crippen molar-refractivity contribution in [1.29, 1.82) is 0 Å². The summed E-state index contributed by atoms with van der Waals surface area (Å²) in [6.45, 7) is 11.9. The molecule has 6 atom stereocenters. The van der Waals surface area contributed by atoms with E-state index in [0.29, 0.717) is 19.4 Å². The standard InChI is InChI=1S/C36H44N2O5S/c1-5-7-8-12-21-43-35(42)29-28-18-19-36(44-28)30(29)33(40)38(27(23-39)22-26-16-10-9-11-17-26)32(36)34(41)37(20-6-2)31-24(3)14-13-15-25(31)4/h5-6,9-11,13-17,27-30,32,39H,1-2,7-8,12,18-23H2,3-4H3/t27-,28-,29+,30+,32?,36?/m1/s1. The van der Waals surface area contributed by atoms with Crippen molar-refractivity contribution in [2.75, 3.05) is 24.7 Å². The van der Waals surface area contributed by atoms with Crippen molar-refractivity contribution in [1.82, 2.24) is 4.90 Å². The lowest BCUT2D eigenvalue weighted by Crippen LogP contribution is -2.58. The minimum atomic E-state index is -0.847. The number of likely N-dealkylation sites (tertiary alicyclic amines) is 1. The Morgan fingerprint density at radius 1 is 1.11 bits per heavy atom. The number of carbonyl (C=O) groups is 3. The van der Waals surface area contributed by atoms with Gasteiger partial charge in [0.25, 0.3) is 5.91 Å². The maximum absolute atomic E-state index is 15.0. The third kappa shape index (κ3) is 5.74. The molecule has 3 heterocycles. The maximum atomic E-state index is 15.0. The Morgan fingerprint density at radius 3 is 2.50 bits per heavy atom. The summed E-state index contributed by atoms with van der Waals surface area (Å²) in [6, 6.07) is 14.2. The van der Waals surface area contributed by atoms with Gasteiger partial charge in [-0.1, -0.05) is 60.7 Å². The minimum absolute atomic E-state index is 0.0863. The SMILES string of the molecule is C=CCCCCOC(=O)[C@@H]1[C@H]2C(=O)N([C@@H](CO)Cc3ccccc3)C(C(=O)N(CC=C)c3c(C)cccc3C)C23CC[C@H]1S3. The van der Waals surface area contributed by atoms with Gasteiger partial charge in [-0.2, -0.15) is 0 Å². The van der Waals surface area contributed by atoms with Gasteiger partial charge in [0.05, 0.1) is 35.8 Å². The first-order valence-corrected chi connectivity index (χ1v) is 16.6. The van der Waals surface area contributed by atoms with Gasteiger partial charge in [0.1, 0.15) is 6.04 Å². The lowest BCUT2D eigenvalue weighted by atomic mass is 9.71. The van der Waals surface area contributed by atoms with E-state index in [9.17, 15) is 14.7 Å². The number of esters is 1. The molecule has 3 fully saturated rings. The van der Waals surface area contributed by atoms with Crippen LogP contribution in [0.1, 0.15) is 48.8 Å². The summed E-state index contributed by atoms with van der Waals surface area (Å²) in [5.41, 5.74) is 3.68. The van der Waals surface area contributed by atoms with Crippen LogP contribution in [0.3, 0.4) is 0 Å². The van der Waals surface area contributed by atoms with E-state index >= 15 is 4.79 Å². The fourth-order valence-electron chi connectivity index (χ4n) is 7.63. The molecule has 234 valence electrons. The smallest absolute Gasteiger partial charge is 0.310 e. The molecule has 1 N–H and O–H groups in total. The van der Waals surface area contributed by atoms with Crippen LogP contribution in [0.15, 0.2) is 73.8 Å². The highest BCUT2D eigenvalue weighted by atomic mass is 32.2. The van der Waals surface area contributed by atoms with E-state index in [-0.39, 0.29) is 36.2 Å². The first-order chi connectivity index (χ1) is 21.3. The fourth-order valence-corrected chi connectivity index (χ4v) is 9.82. The molecule has 1 spiro atoms. The largest absolute Gasteiger partial charge is 0.465 e. The average molecular weight is 617 g/mol. The molecule has 2 amide bonds. The Morgan fingerprint density at radius 2 is 1.84 bits per heavy atom. The summed E-state index contributed by atoms with van der Waals surface area (Å²) in [6.07, 6.45) is 7.80. The Labute approximate surface area is 265 Å². The number of para-hydroxylation sites is 1. The second-order valence-electron chi connectivity index (χ2n) is 12.3. The number of allylic oxidation sites excluding steroid dienone is 1. The molecule has 0 aliphatic carbocycles. The summed E-state index contributed by atoms with van der Waals surface area (Å²) in [4.78, 5) is 46.7. The second kappa shape index (κ2) is 13.7. The molecule has 3 saturated heterocycles. The molecular weight excluding hydrogens is 572 g/mol. The van der Waals surface area contributed by atoms with Crippen molar-refractivity contribution in [3.05, 3.63) is 90.5 Å². The quantitative estimate of drug-likeness (QED) is 0.173. The van der Waals surface area contributed by atoms with Gasteiger partial charge in [-0.05, 0) is 69.1 Å². The number of benzene rings is 2. The number of thioether (sulfide) groups is 1. The van der Waals surface area contributed by atoms with Gasteiger partial charge < -0.3 is 19.6 Å². The Balaban J connectivity index is 1.55. The van der Waals surface area contributed by atoms with Crippen LogP contribution < -0.4 is 4.90 Å². The first kappa shape index (κ1) is 32.0. The lowest BCUT2D eigenvalue weighted by Gasteiger charge is -2.40. The predicted octanol–water partition coefficient (Wildman–Crippen LogP) is 5.42. The second-order valence-corrected chi connectivity index (χ2v) is 13.9. The molecule has 5 rings (SSSR count). The number of fused-ring (bicyclic) bond motifs is 1. The molecule has 2 bridgehead atoms. The maximum Gasteiger partial charge on any atom is 0.310 e. The number of aliphatic hydroxyl groups is 1. The van der Waals surface area contributed by atoms with Crippen LogP contribution in [0.25, 0.3) is 0 Å². The van der Waals surface area contributed by atoms with Crippen LogP contribution in [0.2, 0.25) is 0 Å². The monoisotopic (exact) mass is 616 g/mol. The number of nitrogens with zero attached hydrogens (tertiary/aromatic N) is 2. The molecule has 7 nitrogen and oxygen atoms in total. The zero-order valence-electron chi connectivity index (χ0n) is 25.8. The highest BCUT2D eigenvalue weighted by molar-refractivity contribution is 8.02. The van der Waals surface area contributed by atoms with Gasteiger partial charge in [0.15, 0.2) is 0 Å². The van der Waals surface area contributed by atoms with Crippen LogP contribution in [0.5, 0.6) is 0 Å². The molecular formula is C36H44N2O5S. The Bertz CT molecular complexity index is 1380. The number of rotatable bonds is 14. The van der Waals surface area contributed by atoms with Crippen LogP contribution in [-0.4, -0.2) is 69.6 Å². The van der Waals surface area contributed by atoms with Gasteiger partial charge in [-0.25, -0.2) is 0 Å². The number of anilines is 1. The number of aryl methyl sites for hydroxylation is 2. The fraction of sp³-hybridized carbons (Fsp3) is 0.472. The molecule has 2 unspecified atom stereocenters. The van der Waals surface area contributed by atoms with E-state index in [4.69, 9.17) is 4.74 Å². The number of amides is 2. The number of hydrogen-bond donors (Lipinski definition) is 1.